The van der Waals surface area contributed by atoms with E-state index in [1.165, 1.54) is 23.1 Å². The molecule has 27 heavy (non-hydrogen) atoms. The molecule has 3 rings (SSSR count). The Bertz CT molecular complexity index is 967. The van der Waals surface area contributed by atoms with Crippen LogP contribution in [0.5, 0.6) is 0 Å². The predicted octanol–water partition coefficient (Wildman–Crippen LogP) is 4.83. The Labute approximate surface area is 173 Å². The Balaban J connectivity index is 1.51. The standard InChI is InChI=1S/C17H12Cl2N4O2S2/c18-12-7-6-11(8-13(12)19)20-14(24)9-26-17-23-22-16(27-17)21-15(25)10-4-2-1-3-5-10/h1-8H,9H2,(H,20,24)(H,21,22,25). The maximum absolute atomic E-state index is 12.1. The van der Waals surface area contributed by atoms with Gasteiger partial charge in [0.15, 0.2) is 4.34 Å². The van der Waals surface area contributed by atoms with Gasteiger partial charge in [-0.15, -0.1) is 10.2 Å². The number of carbonyl (C=O) groups excluding carboxylic acids is 2. The largest absolute Gasteiger partial charge is 0.325 e. The number of nitrogens with zero attached hydrogens (tertiary/aromatic N) is 2. The first-order valence-corrected chi connectivity index (χ1v) is 10.1. The third kappa shape index (κ3) is 5.67. The number of amides is 2. The number of halogens is 2. The van der Waals surface area contributed by atoms with E-state index >= 15 is 0 Å². The van der Waals surface area contributed by atoms with Crippen molar-refractivity contribution < 1.29 is 9.59 Å². The van der Waals surface area contributed by atoms with Crippen molar-refractivity contribution in [2.75, 3.05) is 16.4 Å². The van der Waals surface area contributed by atoms with Gasteiger partial charge in [0.1, 0.15) is 0 Å². The average molecular weight is 439 g/mol. The smallest absolute Gasteiger partial charge is 0.257 e. The normalized spacial score (nSPS) is 10.4. The second-order valence-corrected chi connectivity index (χ2v) is 8.17. The van der Waals surface area contributed by atoms with Crippen molar-refractivity contribution >= 4 is 68.9 Å². The van der Waals surface area contributed by atoms with E-state index in [1.807, 2.05) is 6.07 Å². The minimum absolute atomic E-state index is 0.140. The second-order valence-electron chi connectivity index (χ2n) is 5.16. The molecule has 2 amide bonds. The Hall–Kier alpha value is -2.13. The van der Waals surface area contributed by atoms with Crippen LogP contribution in [-0.2, 0) is 4.79 Å². The number of benzene rings is 2. The molecule has 2 N–H and O–H groups in total. The van der Waals surface area contributed by atoms with Gasteiger partial charge in [0, 0.05) is 11.3 Å². The van der Waals surface area contributed by atoms with Crippen LogP contribution in [0.15, 0.2) is 52.9 Å². The van der Waals surface area contributed by atoms with Gasteiger partial charge in [0.2, 0.25) is 11.0 Å². The Morgan fingerprint density at radius 3 is 2.52 bits per heavy atom. The summed E-state index contributed by atoms with van der Waals surface area (Å²) in [5.41, 5.74) is 1.09. The highest BCUT2D eigenvalue weighted by Crippen LogP contribution is 2.27. The van der Waals surface area contributed by atoms with Crippen molar-refractivity contribution in [3.05, 3.63) is 64.1 Å². The summed E-state index contributed by atoms with van der Waals surface area (Å²) in [5, 5.41) is 14.4. The molecule has 10 heteroatoms. The molecule has 0 saturated heterocycles. The fourth-order valence-electron chi connectivity index (χ4n) is 1.98. The molecule has 0 unspecified atom stereocenters. The van der Waals surface area contributed by atoms with Gasteiger partial charge in [-0.05, 0) is 30.3 Å². The molecule has 0 aliphatic rings. The van der Waals surface area contributed by atoms with Gasteiger partial charge in [0.25, 0.3) is 5.91 Å². The molecular weight excluding hydrogens is 427 g/mol. The lowest BCUT2D eigenvalue weighted by atomic mass is 10.2. The SMILES string of the molecule is O=C(CSc1nnc(NC(=O)c2ccccc2)s1)Nc1ccc(Cl)c(Cl)c1. The number of rotatable bonds is 6. The summed E-state index contributed by atoms with van der Waals surface area (Å²) in [7, 11) is 0. The summed E-state index contributed by atoms with van der Waals surface area (Å²) in [6, 6.07) is 13.7. The molecule has 0 spiro atoms. The van der Waals surface area contributed by atoms with E-state index in [1.54, 1.807) is 42.5 Å². The molecule has 1 heterocycles. The summed E-state index contributed by atoms with van der Waals surface area (Å²) in [6.45, 7) is 0. The molecule has 1 aromatic heterocycles. The minimum atomic E-state index is -0.263. The second kappa shape index (κ2) is 9.18. The van der Waals surface area contributed by atoms with Crippen LogP contribution >= 0.6 is 46.3 Å². The molecule has 0 saturated carbocycles. The average Bonchev–Trinajstić information content (AvgIpc) is 3.11. The summed E-state index contributed by atoms with van der Waals surface area (Å²) < 4.78 is 0.572. The van der Waals surface area contributed by atoms with Crippen LogP contribution in [0.25, 0.3) is 0 Å². The zero-order valence-corrected chi connectivity index (χ0v) is 16.8. The molecule has 0 bridgehead atoms. The molecule has 0 fully saturated rings. The predicted molar refractivity (Wildman–Crippen MR) is 110 cm³/mol. The number of thioether (sulfide) groups is 1. The van der Waals surface area contributed by atoms with Crippen LogP contribution in [0.4, 0.5) is 10.8 Å². The fourth-order valence-corrected chi connectivity index (χ4v) is 3.82. The highest BCUT2D eigenvalue weighted by Gasteiger charge is 2.12. The van der Waals surface area contributed by atoms with Gasteiger partial charge in [-0.1, -0.05) is 64.5 Å². The highest BCUT2D eigenvalue weighted by molar-refractivity contribution is 8.01. The third-order valence-corrected chi connectivity index (χ3v) is 5.90. The van der Waals surface area contributed by atoms with E-state index < -0.39 is 0 Å². The van der Waals surface area contributed by atoms with Gasteiger partial charge in [-0.2, -0.15) is 0 Å². The first kappa shape index (κ1) is 19.6. The Morgan fingerprint density at radius 2 is 1.78 bits per heavy atom. The summed E-state index contributed by atoms with van der Waals surface area (Å²) in [4.78, 5) is 24.1. The molecule has 3 aromatic rings. The summed E-state index contributed by atoms with van der Waals surface area (Å²) in [6.07, 6.45) is 0. The molecule has 2 aromatic carbocycles. The van der Waals surface area contributed by atoms with Gasteiger partial charge in [-0.3, -0.25) is 14.9 Å². The minimum Gasteiger partial charge on any atom is -0.325 e. The van der Waals surface area contributed by atoms with Gasteiger partial charge in [-0.25, -0.2) is 0 Å². The fraction of sp³-hybridized carbons (Fsp3) is 0.0588. The first-order valence-electron chi connectivity index (χ1n) is 7.59. The van der Waals surface area contributed by atoms with Gasteiger partial charge < -0.3 is 5.32 Å². The first-order chi connectivity index (χ1) is 13.0. The number of hydrogen-bond donors (Lipinski definition) is 2. The molecule has 0 aliphatic heterocycles. The van der Waals surface area contributed by atoms with E-state index in [0.29, 0.717) is 30.8 Å². The number of hydrogen-bond acceptors (Lipinski definition) is 6. The quantitative estimate of drug-likeness (QED) is 0.425. The van der Waals surface area contributed by atoms with Crippen molar-refractivity contribution in [3.63, 3.8) is 0 Å². The maximum atomic E-state index is 12.1. The van der Waals surface area contributed by atoms with E-state index in [9.17, 15) is 9.59 Å². The summed E-state index contributed by atoms with van der Waals surface area (Å²) in [5.74, 6) is -0.342. The van der Waals surface area contributed by atoms with Crippen LogP contribution < -0.4 is 10.6 Å². The van der Waals surface area contributed by atoms with Gasteiger partial charge >= 0.3 is 0 Å². The van der Waals surface area contributed by atoms with E-state index in [-0.39, 0.29) is 17.6 Å². The monoisotopic (exact) mass is 438 g/mol. The van der Waals surface area contributed by atoms with Crippen molar-refractivity contribution in [1.82, 2.24) is 10.2 Å². The van der Waals surface area contributed by atoms with Crippen molar-refractivity contribution in [3.8, 4) is 0 Å². The molecule has 0 aliphatic carbocycles. The van der Waals surface area contributed by atoms with Crippen LogP contribution in [0.1, 0.15) is 10.4 Å². The lowest BCUT2D eigenvalue weighted by Gasteiger charge is -2.05. The molecule has 0 atom stereocenters. The zero-order chi connectivity index (χ0) is 19.2. The van der Waals surface area contributed by atoms with Crippen LogP contribution in [0.2, 0.25) is 10.0 Å². The molecular formula is C17H12Cl2N4O2S2. The van der Waals surface area contributed by atoms with E-state index in [4.69, 9.17) is 23.2 Å². The number of nitrogens with one attached hydrogen (secondary N) is 2. The maximum Gasteiger partial charge on any atom is 0.257 e. The van der Waals surface area contributed by atoms with E-state index in [2.05, 4.69) is 20.8 Å². The number of aromatic nitrogens is 2. The van der Waals surface area contributed by atoms with Gasteiger partial charge in [0.05, 0.1) is 15.8 Å². The Kier molecular flexibility index (Phi) is 6.68. The van der Waals surface area contributed by atoms with Crippen LogP contribution in [0, 0.1) is 0 Å². The lowest BCUT2D eigenvalue weighted by molar-refractivity contribution is -0.113. The summed E-state index contributed by atoms with van der Waals surface area (Å²) >= 11 is 14.2. The number of anilines is 2. The molecule has 6 nitrogen and oxygen atoms in total. The van der Waals surface area contributed by atoms with Crippen molar-refractivity contribution in [2.24, 2.45) is 0 Å². The van der Waals surface area contributed by atoms with Crippen LogP contribution in [-0.4, -0.2) is 27.8 Å². The molecule has 0 radical (unpaired) electrons. The number of carbonyl (C=O) groups is 2. The Morgan fingerprint density at radius 1 is 1.00 bits per heavy atom. The topological polar surface area (TPSA) is 84.0 Å². The van der Waals surface area contributed by atoms with Crippen molar-refractivity contribution in [2.45, 2.75) is 4.34 Å². The van der Waals surface area contributed by atoms with Crippen molar-refractivity contribution in [1.29, 1.82) is 0 Å². The highest BCUT2D eigenvalue weighted by atomic mass is 35.5. The van der Waals surface area contributed by atoms with Crippen LogP contribution in [0.3, 0.4) is 0 Å². The zero-order valence-electron chi connectivity index (χ0n) is 13.6. The third-order valence-electron chi connectivity index (χ3n) is 3.19. The molecule has 138 valence electrons. The van der Waals surface area contributed by atoms with E-state index in [0.717, 1.165) is 0 Å². The lowest BCUT2D eigenvalue weighted by Crippen LogP contribution is -2.13.